The third kappa shape index (κ3) is 3.48. The van der Waals surface area contributed by atoms with Crippen molar-refractivity contribution < 1.29 is 14.1 Å². The molecule has 27 heavy (non-hydrogen) atoms. The second-order valence-corrected chi connectivity index (χ2v) is 8.53. The number of fused-ring (bicyclic) bond motifs is 1. The number of hydrogen-bond acceptors (Lipinski definition) is 4. The Balaban J connectivity index is 1.44. The topological polar surface area (TPSA) is 75.4 Å². The van der Waals surface area contributed by atoms with E-state index < -0.39 is 0 Å². The number of nitrogens with zero attached hydrogens (tertiary/aromatic N) is 2. The molecular formula is C21H25N3O3. The van der Waals surface area contributed by atoms with Crippen LogP contribution in [0.25, 0.3) is 0 Å². The maximum atomic E-state index is 12.6. The zero-order valence-electron chi connectivity index (χ0n) is 16.0. The summed E-state index contributed by atoms with van der Waals surface area (Å²) in [5.74, 6) is 0.512. The van der Waals surface area contributed by atoms with Gasteiger partial charge in [-0.05, 0) is 42.5 Å². The first kappa shape index (κ1) is 17.8. The molecule has 142 valence electrons. The van der Waals surface area contributed by atoms with Crippen LogP contribution in [-0.2, 0) is 27.8 Å². The average molecular weight is 367 g/mol. The number of carbonyl (C=O) groups excluding carboxylic acids is 2. The van der Waals surface area contributed by atoms with Crippen LogP contribution in [0.2, 0.25) is 0 Å². The van der Waals surface area contributed by atoms with Crippen molar-refractivity contribution in [2.24, 2.45) is 5.92 Å². The Labute approximate surface area is 158 Å². The van der Waals surface area contributed by atoms with Gasteiger partial charge in [-0.2, -0.15) is 0 Å². The summed E-state index contributed by atoms with van der Waals surface area (Å²) in [6, 6.07) is 7.96. The van der Waals surface area contributed by atoms with Crippen LogP contribution in [0.15, 0.2) is 28.8 Å². The number of benzene rings is 1. The highest BCUT2D eigenvalue weighted by molar-refractivity contribution is 6.03. The van der Waals surface area contributed by atoms with Gasteiger partial charge in [-0.15, -0.1) is 0 Å². The largest absolute Gasteiger partial charge is 0.359 e. The van der Waals surface area contributed by atoms with E-state index >= 15 is 0 Å². The predicted molar refractivity (Wildman–Crippen MR) is 103 cm³/mol. The fourth-order valence-electron chi connectivity index (χ4n) is 3.77. The van der Waals surface area contributed by atoms with Crippen LogP contribution >= 0.6 is 0 Å². The molecule has 6 heteroatoms. The zero-order chi connectivity index (χ0) is 19.2. The molecule has 1 atom stereocenters. The van der Waals surface area contributed by atoms with E-state index in [-0.39, 0.29) is 29.6 Å². The van der Waals surface area contributed by atoms with Crippen molar-refractivity contribution in [1.82, 2.24) is 5.16 Å². The lowest BCUT2D eigenvalue weighted by Crippen LogP contribution is -2.28. The number of aryl methyl sites for hydroxylation is 2. The third-order valence-corrected chi connectivity index (χ3v) is 5.39. The highest BCUT2D eigenvalue weighted by Gasteiger charge is 2.36. The van der Waals surface area contributed by atoms with Gasteiger partial charge in [0, 0.05) is 30.1 Å². The number of hydrogen-bond donors (Lipinski definition) is 1. The monoisotopic (exact) mass is 367 g/mol. The van der Waals surface area contributed by atoms with Gasteiger partial charge < -0.3 is 14.7 Å². The summed E-state index contributed by atoms with van der Waals surface area (Å²) < 4.78 is 5.30. The molecule has 1 fully saturated rings. The normalized spacial score (nSPS) is 19.4. The van der Waals surface area contributed by atoms with Gasteiger partial charge in [0.15, 0.2) is 5.82 Å². The molecule has 1 unspecified atom stereocenters. The minimum Gasteiger partial charge on any atom is -0.359 e. The second-order valence-electron chi connectivity index (χ2n) is 8.53. The number of anilines is 2. The summed E-state index contributed by atoms with van der Waals surface area (Å²) in [7, 11) is 0. The zero-order valence-corrected chi connectivity index (χ0v) is 16.0. The van der Waals surface area contributed by atoms with Gasteiger partial charge in [0.1, 0.15) is 5.76 Å². The molecule has 0 bridgehead atoms. The van der Waals surface area contributed by atoms with E-state index in [1.807, 2.05) is 26.8 Å². The van der Waals surface area contributed by atoms with Crippen LogP contribution in [0.3, 0.4) is 0 Å². The van der Waals surface area contributed by atoms with Crippen molar-refractivity contribution >= 4 is 23.3 Å². The van der Waals surface area contributed by atoms with Crippen molar-refractivity contribution in [3.05, 3.63) is 41.2 Å². The molecule has 2 heterocycles. The third-order valence-electron chi connectivity index (χ3n) is 5.39. The molecule has 1 aromatic heterocycles. The lowest BCUT2D eigenvalue weighted by Gasteiger charge is -2.17. The van der Waals surface area contributed by atoms with Gasteiger partial charge in [-0.3, -0.25) is 9.59 Å². The van der Waals surface area contributed by atoms with Gasteiger partial charge in [-0.1, -0.05) is 32.0 Å². The van der Waals surface area contributed by atoms with Gasteiger partial charge in [0.25, 0.3) is 0 Å². The van der Waals surface area contributed by atoms with Gasteiger partial charge in [-0.25, -0.2) is 0 Å². The first-order valence-electron chi connectivity index (χ1n) is 9.51. The van der Waals surface area contributed by atoms with E-state index in [9.17, 15) is 9.59 Å². The Morgan fingerprint density at radius 2 is 2.00 bits per heavy atom. The van der Waals surface area contributed by atoms with Crippen LogP contribution in [-0.4, -0.2) is 23.5 Å². The average Bonchev–Trinajstić information content (AvgIpc) is 3.32. The number of rotatable bonds is 3. The minimum absolute atomic E-state index is 0.0105. The van der Waals surface area contributed by atoms with E-state index in [1.165, 1.54) is 17.5 Å². The highest BCUT2D eigenvalue weighted by atomic mass is 16.5. The molecule has 1 aromatic carbocycles. The number of nitrogens with one attached hydrogen (secondary N) is 1. The van der Waals surface area contributed by atoms with Crippen LogP contribution in [0.4, 0.5) is 11.5 Å². The van der Waals surface area contributed by atoms with Crippen LogP contribution in [0, 0.1) is 5.92 Å². The van der Waals surface area contributed by atoms with Crippen molar-refractivity contribution in [1.29, 1.82) is 0 Å². The van der Waals surface area contributed by atoms with Gasteiger partial charge in [0.05, 0.1) is 5.92 Å². The molecule has 0 spiro atoms. The summed E-state index contributed by atoms with van der Waals surface area (Å²) in [6.07, 6.45) is 3.57. The molecular weight excluding hydrogens is 342 g/mol. The second kappa shape index (κ2) is 6.51. The summed E-state index contributed by atoms with van der Waals surface area (Å²) in [5, 5.41) is 6.71. The van der Waals surface area contributed by atoms with Gasteiger partial charge in [0.2, 0.25) is 11.8 Å². The van der Waals surface area contributed by atoms with Crippen LogP contribution in [0.1, 0.15) is 50.5 Å². The van der Waals surface area contributed by atoms with E-state index in [0.29, 0.717) is 18.1 Å². The Hall–Kier alpha value is -2.63. The molecule has 0 radical (unpaired) electrons. The van der Waals surface area contributed by atoms with E-state index in [0.717, 1.165) is 18.5 Å². The Kier molecular flexibility index (Phi) is 4.29. The van der Waals surface area contributed by atoms with Crippen molar-refractivity contribution in [3.8, 4) is 0 Å². The van der Waals surface area contributed by atoms with Crippen LogP contribution in [0.5, 0.6) is 0 Å². The lowest BCUT2D eigenvalue weighted by atomic mass is 9.93. The number of aromatic nitrogens is 1. The Morgan fingerprint density at radius 3 is 2.74 bits per heavy atom. The maximum Gasteiger partial charge on any atom is 0.231 e. The minimum atomic E-state index is -0.388. The molecule has 1 saturated heterocycles. The molecule has 1 aliphatic heterocycles. The smallest absolute Gasteiger partial charge is 0.231 e. The molecule has 0 saturated carbocycles. The fraction of sp³-hybridized carbons (Fsp3) is 0.476. The van der Waals surface area contributed by atoms with E-state index in [4.69, 9.17) is 4.52 Å². The Bertz CT molecular complexity index is 894. The maximum absolute atomic E-state index is 12.6. The molecule has 1 aliphatic carbocycles. The molecule has 2 amide bonds. The number of amides is 2. The lowest BCUT2D eigenvalue weighted by molar-refractivity contribution is -0.122. The summed E-state index contributed by atoms with van der Waals surface area (Å²) >= 11 is 0. The summed E-state index contributed by atoms with van der Waals surface area (Å²) in [6.45, 7) is 6.45. The SMILES string of the molecule is CC(C)(C)c1cc(NC(=O)C2CC(=O)N(c3ccc4c(c3)CCC4)C2)no1. The molecule has 4 rings (SSSR count). The summed E-state index contributed by atoms with van der Waals surface area (Å²) in [5.41, 5.74) is 3.42. The number of carbonyl (C=O) groups is 2. The highest BCUT2D eigenvalue weighted by Crippen LogP contribution is 2.31. The van der Waals surface area contributed by atoms with Crippen molar-refractivity contribution in [2.75, 3.05) is 16.8 Å². The van der Waals surface area contributed by atoms with Crippen molar-refractivity contribution in [2.45, 2.75) is 51.9 Å². The molecule has 2 aliphatic rings. The first-order chi connectivity index (χ1) is 12.8. The first-order valence-corrected chi connectivity index (χ1v) is 9.51. The van der Waals surface area contributed by atoms with Crippen molar-refractivity contribution in [3.63, 3.8) is 0 Å². The molecule has 1 N–H and O–H groups in total. The quantitative estimate of drug-likeness (QED) is 0.901. The Morgan fingerprint density at radius 1 is 1.22 bits per heavy atom. The predicted octanol–water partition coefficient (Wildman–Crippen LogP) is 3.45. The molecule has 6 nitrogen and oxygen atoms in total. The fourth-order valence-corrected chi connectivity index (χ4v) is 3.77. The van der Waals surface area contributed by atoms with Gasteiger partial charge >= 0.3 is 0 Å². The van der Waals surface area contributed by atoms with E-state index in [1.54, 1.807) is 11.0 Å². The molecule has 2 aromatic rings. The standard InChI is InChI=1S/C21H25N3O3/c1-21(2,3)17-11-18(23-27-17)22-20(26)15-10-19(25)24(12-15)16-8-7-13-5-4-6-14(13)9-16/h7-9,11,15H,4-6,10,12H2,1-3H3,(H,22,23,26). The van der Waals surface area contributed by atoms with E-state index in [2.05, 4.69) is 22.6 Å². The summed E-state index contributed by atoms with van der Waals surface area (Å²) in [4.78, 5) is 26.8. The van der Waals surface area contributed by atoms with Crippen LogP contribution < -0.4 is 10.2 Å².